The first-order valence-corrected chi connectivity index (χ1v) is 11.2. The summed E-state index contributed by atoms with van der Waals surface area (Å²) >= 11 is 0. The maximum Gasteiger partial charge on any atom is 0.408 e. The number of carbonyl (C=O) groups is 3. The highest BCUT2D eigenvalue weighted by Gasteiger charge is 2.37. The van der Waals surface area contributed by atoms with Crippen molar-refractivity contribution in [2.24, 2.45) is 5.92 Å². The normalized spacial score (nSPS) is 13.2. The minimum Gasteiger partial charge on any atom is -0.444 e. The molecule has 0 saturated heterocycles. The van der Waals surface area contributed by atoms with Crippen molar-refractivity contribution >= 4 is 17.9 Å². The predicted octanol–water partition coefficient (Wildman–Crippen LogP) is 3.77. The van der Waals surface area contributed by atoms with Crippen LogP contribution in [0.3, 0.4) is 0 Å². The van der Waals surface area contributed by atoms with Crippen molar-refractivity contribution < 1.29 is 19.1 Å². The highest BCUT2D eigenvalue weighted by atomic mass is 16.6. The molecule has 8 nitrogen and oxygen atoms in total. The van der Waals surface area contributed by atoms with E-state index in [0.717, 1.165) is 11.1 Å². The lowest BCUT2D eigenvalue weighted by Gasteiger charge is -2.34. The SMILES string of the molecule is Cc1cc(C)cc(C(C(=O)NC(C)C)N(CC#N)C(=O)C(NC(=O)OC(C)(C)C)C(C)C)c1. The molecule has 2 atom stereocenters. The standard InChI is InChI=1S/C25H38N4O4/c1-15(2)20(28-24(32)33-25(7,8)9)23(31)29(11-10-26)21(22(30)27-16(3)4)19-13-17(5)12-18(6)14-19/h12-16,20-21H,11H2,1-9H3,(H,27,30)(H,28,32). The maximum absolute atomic E-state index is 13.7. The second kappa shape index (κ2) is 11.7. The van der Waals surface area contributed by atoms with E-state index in [-0.39, 0.29) is 18.5 Å². The molecule has 0 saturated carbocycles. The molecule has 0 radical (unpaired) electrons. The Balaban J connectivity index is 3.47. The summed E-state index contributed by atoms with van der Waals surface area (Å²) in [5.74, 6) is -1.22. The summed E-state index contributed by atoms with van der Waals surface area (Å²) in [5, 5.41) is 15.0. The molecule has 0 aliphatic heterocycles. The average molecular weight is 459 g/mol. The van der Waals surface area contributed by atoms with Gasteiger partial charge in [-0.3, -0.25) is 9.59 Å². The molecule has 2 N–H and O–H groups in total. The fourth-order valence-electron chi connectivity index (χ4n) is 3.50. The molecule has 1 rings (SSSR count). The van der Waals surface area contributed by atoms with E-state index in [2.05, 4.69) is 10.6 Å². The smallest absolute Gasteiger partial charge is 0.408 e. The summed E-state index contributed by atoms with van der Waals surface area (Å²) in [4.78, 5) is 40.6. The Bertz CT molecular complexity index is 876. The number of aryl methyl sites for hydroxylation is 2. The van der Waals surface area contributed by atoms with E-state index >= 15 is 0 Å². The molecule has 0 aromatic heterocycles. The highest BCUT2D eigenvalue weighted by Crippen LogP contribution is 2.26. The van der Waals surface area contributed by atoms with Crippen molar-refractivity contribution in [3.8, 4) is 6.07 Å². The van der Waals surface area contributed by atoms with E-state index in [1.807, 2.05) is 52.0 Å². The van der Waals surface area contributed by atoms with E-state index in [0.29, 0.717) is 5.56 Å². The Kier molecular flexibility index (Phi) is 9.90. The van der Waals surface area contributed by atoms with Crippen LogP contribution in [-0.2, 0) is 14.3 Å². The van der Waals surface area contributed by atoms with Crippen LogP contribution in [0.25, 0.3) is 0 Å². The fraction of sp³-hybridized carbons (Fsp3) is 0.600. The third kappa shape index (κ3) is 8.76. The number of hydrogen-bond acceptors (Lipinski definition) is 5. The van der Waals surface area contributed by atoms with E-state index in [9.17, 15) is 19.6 Å². The number of benzene rings is 1. The highest BCUT2D eigenvalue weighted by molar-refractivity contribution is 5.92. The van der Waals surface area contributed by atoms with Crippen LogP contribution in [0.15, 0.2) is 18.2 Å². The second-order valence-corrected chi connectivity index (χ2v) is 9.98. The third-order valence-corrected chi connectivity index (χ3v) is 4.68. The Hall–Kier alpha value is -3.08. The minimum atomic E-state index is -1.03. The molecular weight excluding hydrogens is 420 g/mol. The van der Waals surface area contributed by atoms with Gasteiger partial charge >= 0.3 is 6.09 Å². The zero-order chi connectivity index (χ0) is 25.5. The Morgan fingerprint density at radius 3 is 2.00 bits per heavy atom. The number of alkyl carbamates (subject to hydrolysis) is 1. The molecule has 1 aromatic carbocycles. The van der Waals surface area contributed by atoms with Gasteiger partial charge in [0.2, 0.25) is 11.8 Å². The van der Waals surface area contributed by atoms with Crippen molar-refractivity contribution in [1.82, 2.24) is 15.5 Å². The Labute approximate surface area is 197 Å². The number of carbonyl (C=O) groups excluding carboxylic acids is 3. The molecule has 182 valence electrons. The maximum atomic E-state index is 13.7. The quantitative estimate of drug-likeness (QED) is 0.576. The number of nitrogens with zero attached hydrogens (tertiary/aromatic N) is 2. The van der Waals surface area contributed by atoms with Gasteiger partial charge in [0.15, 0.2) is 0 Å². The predicted molar refractivity (Wildman–Crippen MR) is 127 cm³/mol. The number of rotatable bonds is 8. The van der Waals surface area contributed by atoms with Gasteiger partial charge in [-0.05, 0) is 59.9 Å². The Morgan fingerprint density at radius 2 is 1.58 bits per heavy atom. The van der Waals surface area contributed by atoms with Gasteiger partial charge < -0.3 is 20.3 Å². The molecule has 2 unspecified atom stereocenters. The largest absolute Gasteiger partial charge is 0.444 e. The third-order valence-electron chi connectivity index (χ3n) is 4.68. The number of ether oxygens (including phenoxy) is 1. The summed E-state index contributed by atoms with van der Waals surface area (Å²) in [5.41, 5.74) is 1.74. The minimum absolute atomic E-state index is 0.161. The van der Waals surface area contributed by atoms with Gasteiger partial charge in [0.05, 0.1) is 6.07 Å². The van der Waals surface area contributed by atoms with Crippen LogP contribution >= 0.6 is 0 Å². The van der Waals surface area contributed by atoms with E-state index < -0.39 is 35.6 Å². The molecule has 0 aliphatic rings. The van der Waals surface area contributed by atoms with Gasteiger partial charge in [0, 0.05) is 6.04 Å². The van der Waals surface area contributed by atoms with Crippen LogP contribution in [0.5, 0.6) is 0 Å². The summed E-state index contributed by atoms with van der Waals surface area (Å²) in [7, 11) is 0. The molecule has 0 aliphatic carbocycles. The van der Waals surface area contributed by atoms with Crippen LogP contribution in [0, 0.1) is 31.1 Å². The lowest BCUT2D eigenvalue weighted by atomic mass is 9.96. The molecule has 3 amide bonds. The van der Waals surface area contributed by atoms with Crippen molar-refractivity contribution in [2.45, 2.75) is 86.0 Å². The summed E-state index contributed by atoms with van der Waals surface area (Å²) in [6, 6.07) is 5.47. The van der Waals surface area contributed by atoms with Gasteiger partial charge in [0.1, 0.15) is 24.2 Å². The zero-order valence-electron chi connectivity index (χ0n) is 21.3. The Morgan fingerprint density at radius 1 is 1.03 bits per heavy atom. The van der Waals surface area contributed by atoms with Crippen molar-refractivity contribution in [3.63, 3.8) is 0 Å². The number of nitriles is 1. The number of hydrogen-bond donors (Lipinski definition) is 2. The molecule has 0 heterocycles. The van der Waals surface area contributed by atoms with Crippen molar-refractivity contribution in [2.75, 3.05) is 6.54 Å². The lowest BCUT2D eigenvalue weighted by Crippen LogP contribution is -2.55. The van der Waals surface area contributed by atoms with Gasteiger partial charge in [0.25, 0.3) is 0 Å². The molecule has 0 spiro atoms. The van der Waals surface area contributed by atoms with Crippen LogP contribution in [-0.4, -0.2) is 47.0 Å². The summed E-state index contributed by atoms with van der Waals surface area (Å²) in [6.07, 6.45) is -0.735. The van der Waals surface area contributed by atoms with Gasteiger partial charge in [-0.2, -0.15) is 5.26 Å². The summed E-state index contributed by atoms with van der Waals surface area (Å²) in [6.45, 7) is 15.9. The molecule has 0 fully saturated rings. The van der Waals surface area contributed by atoms with E-state index in [1.165, 1.54) is 4.90 Å². The average Bonchev–Trinajstić information content (AvgIpc) is 2.62. The van der Waals surface area contributed by atoms with Crippen LogP contribution in [0.1, 0.15) is 71.2 Å². The number of amides is 3. The van der Waals surface area contributed by atoms with E-state index in [1.54, 1.807) is 34.6 Å². The molecule has 33 heavy (non-hydrogen) atoms. The topological polar surface area (TPSA) is 112 Å². The van der Waals surface area contributed by atoms with Crippen LogP contribution < -0.4 is 10.6 Å². The van der Waals surface area contributed by atoms with Gasteiger partial charge in [-0.1, -0.05) is 43.2 Å². The summed E-state index contributed by atoms with van der Waals surface area (Å²) < 4.78 is 5.32. The van der Waals surface area contributed by atoms with E-state index in [4.69, 9.17) is 4.74 Å². The van der Waals surface area contributed by atoms with Crippen LogP contribution in [0.4, 0.5) is 4.79 Å². The lowest BCUT2D eigenvalue weighted by molar-refractivity contribution is -0.142. The second-order valence-electron chi connectivity index (χ2n) is 9.98. The zero-order valence-corrected chi connectivity index (χ0v) is 21.3. The molecular formula is C25H38N4O4. The molecule has 8 heteroatoms. The van der Waals surface area contributed by atoms with Crippen molar-refractivity contribution in [3.05, 3.63) is 34.9 Å². The van der Waals surface area contributed by atoms with Crippen molar-refractivity contribution in [1.29, 1.82) is 5.26 Å². The van der Waals surface area contributed by atoms with Gasteiger partial charge in [-0.25, -0.2) is 4.79 Å². The van der Waals surface area contributed by atoms with Crippen LogP contribution in [0.2, 0.25) is 0 Å². The van der Waals surface area contributed by atoms with Gasteiger partial charge in [-0.15, -0.1) is 0 Å². The first-order chi connectivity index (χ1) is 15.2. The molecule has 0 bridgehead atoms. The first kappa shape index (κ1) is 28.0. The molecule has 1 aromatic rings. The monoisotopic (exact) mass is 458 g/mol. The first-order valence-electron chi connectivity index (χ1n) is 11.2. The number of nitrogens with one attached hydrogen (secondary N) is 2. The fourth-order valence-corrected chi connectivity index (χ4v) is 3.50.